The van der Waals surface area contributed by atoms with E-state index in [4.69, 9.17) is 0 Å². The number of fused-ring (bicyclic) bond motifs is 10. The molecule has 2 heterocycles. The van der Waals surface area contributed by atoms with Gasteiger partial charge in [0.2, 0.25) is 0 Å². The van der Waals surface area contributed by atoms with Crippen molar-refractivity contribution >= 4 is 54.4 Å². The van der Waals surface area contributed by atoms with E-state index in [-0.39, 0.29) is 0 Å². The molecule has 10 aromatic carbocycles. The van der Waals surface area contributed by atoms with Crippen molar-refractivity contribution in [1.82, 2.24) is 9.13 Å². The number of rotatable bonds is 5. The fourth-order valence-corrected chi connectivity index (χ4v) is 10.2. The quantitative estimate of drug-likeness (QED) is 0.165. The summed E-state index contributed by atoms with van der Waals surface area (Å²) in [6, 6.07) is 80.4. The summed E-state index contributed by atoms with van der Waals surface area (Å²) in [6.45, 7) is 0. The van der Waals surface area contributed by atoms with Crippen LogP contribution in [0.15, 0.2) is 218 Å². The number of aromatic nitrogens is 2. The SMILES string of the molecule is c1ccc(-c2cc(-c3ccccc3)cc(-n3c4ccccc4c4cc(-c5ccc6c(c5)c5c7cccc8c7c(cc5n6-c5ccccc5)-c5ccccc5-8)ccc43)c2)cc1. The van der Waals surface area contributed by atoms with Crippen LogP contribution in [0.5, 0.6) is 0 Å². The fourth-order valence-electron chi connectivity index (χ4n) is 10.2. The lowest BCUT2D eigenvalue weighted by Gasteiger charge is -2.14. The van der Waals surface area contributed by atoms with E-state index in [1.165, 1.54) is 116 Å². The van der Waals surface area contributed by atoms with Crippen molar-refractivity contribution in [2.75, 3.05) is 0 Å². The number of nitrogens with zero attached hydrogens (tertiary/aromatic N) is 2. The van der Waals surface area contributed by atoms with E-state index < -0.39 is 0 Å². The molecule has 1 aliphatic rings. The van der Waals surface area contributed by atoms with Gasteiger partial charge < -0.3 is 9.13 Å². The minimum Gasteiger partial charge on any atom is -0.309 e. The first-order valence-corrected chi connectivity index (χ1v) is 20.8. The highest BCUT2D eigenvalue weighted by molar-refractivity contribution is 6.29. The number of benzene rings is 10. The Morgan fingerprint density at radius 3 is 1.43 bits per heavy atom. The van der Waals surface area contributed by atoms with E-state index in [1.54, 1.807) is 0 Å². The van der Waals surface area contributed by atoms with Crippen LogP contribution in [-0.2, 0) is 0 Å². The molecule has 0 spiro atoms. The number of para-hydroxylation sites is 2. The van der Waals surface area contributed by atoms with Gasteiger partial charge in [0.15, 0.2) is 0 Å². The summed E-state index contributed by atoms with van der Waals surface area (Å²) in [7, 11) is 0. The van der Waals surface area contributed by atoms with Crippen molar-refractivity contribution in [3.05, 3.63) is 218 Å². The van der Waals surface area contributed by atoms with Crippen LogP contribution in [0.1, 0.15) is 0 Å². The predicted octanol–water partition coefficient (Wildman–Crippen LogP) is 15.7. The summed E-state index contributed by atoms with van der Waals surface area (Å²) >= 11 is 0. The average Bonchev–Trinajstić information content (AvgIpc) is 3.96. The molecular formula is C58H36N2. The molecule has 0 amide bonds. The van der Waals surface area contributed by atoms with Crippen LogP contribution in [-0.4, -0.2) is 9.13 Å². The van der Waals surface area contributed by atoms with Gasteiger partial charge in [-0.1, -0.05) is 152 Å². The van der Waals surface area contributed by atoms with Crippen LogP contribution in [0, 0.1) is 0 Å². The van der Waals surface area contributed by atoms with Gasteiger partial charge in [-0.25, -0.2) is 0 Å². The molecule has 13 rings (SSSR count). The largest absolute Gasteiger partial charge is 0.309 e. The highest BCUT2D eigenvalue weighted by Gasteiger charge is 2.26. The molecule has 0 bridgehead atoms. The second-order valence-corrected chi connectivity index (χ2v) is 16.1. The molecule has 0 saturated carbocycles. The number of hydrogen-bond donors (Lipinski definition) is 0. The minimum absolute atomic E-state index is 1.15. The van der Waals surface area contributed by atoms with Crippen LogP contribution >= 0.6 is 0 Å². The molecule has 0 atom stereocenters. The first kappa shape index (κ1) is 33.1. The molecule has 2 heteroatoms. The Labute approximate surface area is 347 Å². The Balaban J connectivity index is 1.04. The van der Waals surface area contributed by atoms with Gasteiger partial charge in [0, 0.05) is 32.9 Å². The third-order valence-corrected chi connectivity index (χ3v) is 12.8. The average molecular weight is 761 g/mol. The van der Waals surface area contributed by atoms with Crippen LogP contribution in [0.4, 0.5) is 0 Å². The lowest BCUT2D eigenvalue weighted by molar-refractivity contribution is 1.18. The maximum atomic E-state index is 2.46. The topological polar surface area (TPSA) is 9.86 Å². The molecule has 0 fully saturated rings. The molecule has 0 radical (unpaired) electrons. The van der Waals surface area contributed by atoms with E-state index in [2.05, 4.69) is 228 Å². The lowest BCUT2D eigenvalue weighted by Crippen LogP contribution is -1.96. The molecular weight excluding hydrogens is 725 g/mol. The molecule has 1 aliphatic carbocycles. The summed E-state index contributed by atoms with van der Waals surface area (Å²) in [5.41, 5.74) is 19.6. The lowest BCUT2D eigenvalue weighted by atomic mass is 9.96. The highest BCUT2D eigenvalue weighted by atomic mass is 15.0. The van der Waals surface area contributed by atoms with Crippen molar-refractivity contribution in [3.8, 4) is 67.0 Å². The molecule has 278 valence electrons. The van der Waals surface area contributed by atoms with Crippen LogP contribution in [0.3, 0.4) is 0 Å². The van der Waals surface area contributed by atoms with E-state index in [0.717, 1.165) is 5.69 Å². The van der Waals surface area contributed by atoms with Gasteiger partial charge in [0.05, 0.1) is 22.1 Å². The van der Waals surface area contributed by atoms with Gasteiger partial charge in [0.25, 0.3) is 0 Å². The van der Waals surface area contributed by atoms with Gasteiger partial charge in [-0.05, 0) is 133 Å². The maximum absolute atomic E-state index is 2.46. The van der Waals surface area contributed by atoms with Crippen molar-refractivity contribution in [2.45, 2.75) is 0 Å². The molecule has 0 aliphatic heterocycles. The zero-order valence-corrected chi connectivity index (χ0v) is 32.7. The third kappa shape index (κ3) is 4.82. The van der Waals surface area contributed by atoms with E-state index in [0.29, 0.717) is 0 Å². The van der Waals surface area contributed by atoms with Crippen molar-refractivity contribution < 1.29 is 0 Å². The Bertz CT molecular complexity index is 3630. The van der Waals surface area contributed by atoms with E-state index in [1.807, 2.05) is 0 Å². The summed E-state index contributed by atoms with van der Waals surface area (Å²) in [5.74, 6) is 0. The zero-order chi connectivity index (χ0) is 39.3. The van der Waals surface area contributed by atoms with Crippen LogP contribution in [0.2, 0.25) is 0 Å². The summed E-state index contributed by atoms with van der Waals surface area (Å²) < 4.78 is 4.91. The highest BCUT2D eigenvalue weighted by Crippen LogP contribution is 2.51. The normalized spacial score (nSPS) is 12.0. The van der Waals surface area contributed by atoms with Crippen molar-refractivity contribution in [3.63, 3.8) is 0 Å². The molecule has 0 N–H and O–H groups in total. The second kappa shape index (κ2) is 12.8. The third-order valence-electron chi connectivity index (χ3n) is 12.8. The molecule has 0 saturated heterocycles. The molecule has 2 aromatic heterocycles. The second-order valence-electron chi connectivity index (χ2n) is 16.1. The Morgan fingerprint density at radius 2 is 0.733 bits per heavy atom. The van der Waals surface area contributed by atoms with E-state index in [9.17, 15) is 0 Å². The van der Waals surface area contributed by atoms with Crippen molar-refractivity contribution in [1.29, 1.82) is 0 Å². The summed E-state index contributed by atoms with van der Waals surface area (Å²) in [4.78, 5) is 0. The molecule has 12 aromatic rings. The minimum atomic E-state index is 1.15. The van der Waals surface area contributed by atoms with Gasteiger partial charge in [-0.2, -0.15) is 0 Å². The summed E-state index contributed by atoms with van der Waals surface area (Å²) in [5, 5.41) is 7.70. The van der Waals surface area contributed by atoms with Gasteiger partial charge in [0.1, 0.15) is 0 Å². The monoisotopic (exact) mass is 760 g/mol. The predicted molar refractivity (Wildman–Crippen MR) is 253 cm³/mol. The Kier molecular flexibility index (Phi) is 7.05. The van der Waals surface area contributed by atoms with Gasteiger partial charge in [-0.15, -0.1) is 0 Å². The van der Waals surface area contributed by atoms with Gasteiger partial charge in [-0.3, -0.25) is 0 Å². The zero-order valence-electron chi connectivity index (χ0n) is 32.7. The molecule has 0 unspecified atom stereocenters. The maximum Gasteiger partial charge on any atom is 0.0553 e. The Morgan fingerprint density at radius 1 is 0.217 bits per heavy atom. The van der Waals surface area contributed by atoms with Gasteiger partial charge >= 0.3 is 0 Å². The molecule has 2 nitrogen and oxygen atoms in total. The molecule has 60 heavy (non-hydrogen) atoms. The first-order valence-electron chi connectivity index (χ1n) is 20.8. The standard InChI is InChI=1S/C58H36N2/c1-4-15-37(16-5-1)41-31-42(38-17-6-2-7-18-38)33-44(32-41)60-53-26-13-12-23-47(53)50-34-39(27-29-54(50)60)40-28-30-55-52(35-40)58-49-25-14-24-48-45-21-10-11-22-46(45)51(57(48)49)36-56(58)59(55)43-19-8-3-9-20-43/h1-36H. The summed E-state index contributed by atoms with van der Waals surface area (Å²) in [6.07, 6.45) is 0. The van der Waals surface area contributed by atoms with Crippen molar-refractivity contribution in [2.24, 2.45) is 0 Å². The van der Waals surface area contributed by atoms with Crippen LogP contribution < -0.4 is 0 Å². The first-order chi connectivity index (χ1) is 29.8. The Hall–Kier alpha value is -7.94. The van der Waals surface area contributed by atoms with E-state index >= 15 is 0 Å². The smallest absolute Gasteiger partial charge is 0.0553 e. The number of hydrogen-bond acceptors (Lipinski definition) is 0. The fraction of sp³-hybridized carbons (Fsp3) is 0. The van der Waals surface area contributed by atoms with Crippen LogP contribution in [0.25, 0.3) is 121 Å².